The highest BCUT2D eigenvalue weighted by Crippen LogP contribution is 2.20. The average molecular weight is 240 g/mol. The third-order valence-electron chi connectivity index (χ3n) is 2.06. The van der Waals surface area contributed by atoms with E-state index < -0.39 is 5.82 Å². The maximum atomic E-state index is 13.4. The van der Waals surface area contributed by atoms with Gasteiger partial charge in [-0.1, -0.05) is 0 Å². The Balaban J connectivity index is 2.44. The molecule has 0 radical (unpaired) electrons. The molecule has 0 aromatic heterocycles. The number of nitrogens with one attached hydrogen (secondary N) is 2. The van der Waals surface area contributed by atoms with E-state index in [9.17, 15) is 9.18 Å². The molecule has 5 heteroatoms. The Hall–Kier alpha value is -1.78. The molecule has 0 aliphatic carbocycles. The third kappa shape index (κ3) is 4.72. The van der Waals surface area contributed by atoms with Crippen LogP contribution >= 0.6 is 0 Å². The number of amides is 1. The average Bonchev–Trinajstić information content (AvgIpc) is 2.28. The van der Waals surface area contributed by atoms with Crippen molar-refractivity contribution in [2.75, 3.05) is 25.0 Å². The zero-order valence-corrected chi connectivity index (χ0v) is 10.0. The van der Waals surface area contributed by atoms with Crippen LogP contribution in [0.3, 0.4) is 0 Å². The fourth-order valence-corrected chi connectivity index (χ4v) is 1.33. The Labute approximate surface area is 100 Å². The number of anilines is 1. The molecule has 4 nitrogen and oxygen atoms in total. The van der Waals surface area contributed by atoms with Crippen LogP contribution in [0.5, 0.6) is 5.75 Å². The SMILES string of the molecule is CCOc1ccc(NCCNC(C)=O)cc1F. The predicted molar refractivity (Wildman–Crippen MR) is 64.7 cm³/mol. The van der Waals surface area contributed by atoms with Gasteiger partial charge in [0.1, 0.15) is 0 Å². The number of carbonyl (C=O) groups excluding carboxylic acids is 1. The van der Waals surface area contributed by atoms with Gasteiger partial charge in [-0.25, -0.2) is 4.39 Å². The molecule has 1 aromatic rings. The van der Waals surface area contributed by atoms with Gasteiger partial charge in [0.25, 0.3) is 0 Å². The predicted octanol–water partition coefficient (Wildman–Crippen LogP) is 1.77. The van der Waals surface area contributed by atoms with Gasteiger partial charge in [-0.15, -0.1) is 0 Å². The van der Waals surface area contributed by atoms with Crippen molar-refractivity contribution in [1.29, 1.82) is 0 Å². The van der Waals surface area contributed by atoms with E-state index >= 15 is 0 Å². The molecule has 0 aliphatic heterocycles. The van der Waals surface area contributed by atoms with Crippen LogP contribution in [-0.4, -0.2) is 25.6 Å². The Bertz CT molecular complexity index is 383. The van der Waals surface area contributed by atoms with Gasteiger partial charge in [0, 0.05) is 31.8 Å². The van der Waals surface area contributed by atoms with Crippen LogP contribution in [0.2, 0.25) is 0 Å². The fraction of sp³-hybridized carbons (Fsp3) is 0.417. The minimum atomic E-state index is -0.392. The second-order valence-corrected chi connectivity index (χ2v) is 3.49. The molecule has 2 N–H and O–H groups in total. The minimum absolute atomic E-state index is 0.0790. The molecule has 0 saturated carbocycles. The van der Waals surface area contributed by atoms with Crippen molar-refractivity contribution in [2.24, 2.45) is 0 Å². The molecule has 0 saturated heterocycles. The highest BCUT2D eigenvalue weighted by molar-refractivity contribution is 5.72. The Kier molecular flexibility index (Phi) is 5.26. The maximum absolute atomic E-state index is 13.4. The lowest BCUT2D eigenvalue weighted by Crippen LogP contribution is -2.26. The van der Waals surface area contributed by atoms with Crippen molar-refractivity contribution in [3.8, 4) is 5.75 Å². The maximum Gasteiger partial charge on any atom is 0.216 e. The normalized spacial score (nSPS) is 9.82. The summed E-state index contributed by atoms with van der Waals surface area (Å²) < 4.78 is 18.5. The number of benzene rings is 1. The van der Waals surface area contributed by atoms with Gasteiger partial charge in [-0.2, -0.15) is 0 Å². The molecular weight excluding hydrogens is 223 g/mol. The van der Waals surface area contributed by atoms with Crippen LogP contribution in [0.4, 0.5) is 10.1 Å². The zero-order chi connectivity index (χ0) is 12.7. The summed E-state index contributed by atoms with van der Waals surface area (Å²) in [6.45, 7) is 4.75. The van der Waals surface area contributed by atoms with E-state index in [0.717, 1.165) is 0 Å². The molecule has 1 aromatic carbocycles. The van der Waals surface area contributed by atoms with Crippen molar-refractivity contribution in [3.63, 3.8) is 0 Å². The largest absolute Gasteiger partial charge is 0.491 e. The highest BCUT2D eigenvalue weighted by atomic mass is 19.1. The summed E-state index contributed by atoms with van der Waals surface area (Å²) in [6.07, 6.45) is 0. The van der Waals surface area contributed by atoms with E-state index in [1.54, 1.807) is 19.1 Å². The lowest BCUT2D eigenvalue weighted by atomic mass is 10.3. The molecule has 1 rings (SSSR count). The van der Waals surface area contributed by atoms with Gasteiger partial charge < -0.3 is 15.4 Å². The summed E-state index contributed by atoms with van der Waals surface area (Å²) in [5.74, 6) is -0.221. The van der Waals surface area contributed by atoms with E-state index in [1.807, 2.05) is 0 Å². The summed E-state index contributed by atoms with van der Waals surface area (Å²) in [7, 11) is 0. The van der Waals surface area contributed by atoms with Gasteiger partial charge >= 0.3 is 0 Å². The first-order valence-corrected chi connectivity index (χ1v) is 5.54. The van der Waals surface area contributed by atoms with Crippen LogP contribution in [0.15, 0.2) is 18.2 Å². The molecule has 0 bridgehead atoms. The quantitative estimate of drug-likeness (QED) is 0.745. The second-order valence-electron chi connectivity index (χ2n) is 3.49. The summed E-state index contributed by atoms with van der Waals surface area (Å²) in [5, 5.41) is 5.64. The van der Waals surface area contributed by atoms with E-state index in [1.165, 1.54) is 13.0 Å². The van der Waals surface area contributed by atoms with Gasteiger partial charge in [0.15, 0.2) is 11.6 Å². The van der Waals surface area contributed by atoms with Gasteiger partial charge in [0.05, 0.1) is 6.61 Å². The summed E-state index contributed by atoms with van der Waals surface area (Å²) in [6, 6.07) is 4.69. The van der Waals surface area contributed by atoms with Crippen LogP contribution in [0.25, 0.3) is 0 Å². The monoisotopic (exact) mass is 240 g/mol. The standard InChI is InChI=1S/C12H17FN2O2/c1-3-17-12-5-4-10(8-11(12)13)15-7-6-14-9(2)16/h4-5,8,15H,3,6-7H2,1-2H3,(H,14,16). The molecule has 0 atom stereocenters. The van der Waals surface area contributed by atoms with Gasteiger partial charge in [0.2, 0.25) is 5.91 Å². The zero-order valence-electron chi connectivity index (χ0n) is 10.0. The summed E-state index contributed by atoms with van der Waals surface area (Å²) >= 11 is 0. The summed E-state index contributed by atoms with van der Waals surface area (Å²) in [5.41, 5.74) is 0.663. The van der Waals surface area contributed by atoms with E-state index in [2.05, 4.69) is 10.6 Å². The van der Waals surface area contributed by atoms with Crippen molar-refractivity contribution in [2.45, 2.75) is 13.8 Å². The first-order valence-electron chi connectivity index (χ1n) is 5.54. The van der Waals surface area contributed by atoms with E-state index in [-0.39, 0.29) is 11.7 Å². The molecule has 0 aliphatic rings. The summed E-state index contributed by atoms with van der Waals surface area (Å²) in [4.78, 5) is 10.6. The first kappa shape index (κ1) is 13.3. The molecular formula is C12H17FN2O2. The van der Waals surface area contributed by atoms with Crippen LogP contribution in [0.1, 0.15) is 13.8 Å². The fourth-order valence-electron chi connectivity index (χ4n) is 1.33. The van der Waals surface area contributed by atoms with E-state index in [4.69, 9.17) is 4.74 Å². The Morgan fingerprint density at radius 1 is 1.41 bits per heavy atom. The number of ether oxygens (including phenoxy) is 1. The smallest absolute Gasteiger partial charge is 0.216 e. The lowest BCUT2D eigenvalue weighted by Gasteiger charge is -2.09. The first-order chi connectivity index (χ1) is 8.13. The minimum Gasteiger partial charge on any atom is -0.491 e. The molecule has 94 valence electrons. The molecule has 17 heavy (non-hydrogen) atoms. The van der Waals surface area contributed by atoms with Crippen LogP contribution in [0, 0.1) is 5.82 Å². The number of carbonyl (C=O) groups is 1. The number of hydrogen-bond donors (Lipinski definition) is 2. The number of hydrogen-bond acceptors (Lipinski definition) is 3. The van der Waals surface area contributed by atoms with Crippen LogP contribution < -0.4 is 15.4 Å². The lowest BCUT2D eigenvalue weighted by molar-refractivity contribution is -0.118. The highest BCUT2D eigenvalue weighted by Gasteiger charge is 2.03. The van der Waals surface area contributed by atoms with Gasteiger partial charge in [-0.3, -0.25) is 4.79 Å². The number of rotatable bonds is 6. The molecule has 0 heterocycles. The number of halogens is 1. The van der Waals surface area contributed by atoms with E-state index in [0.29, 0.717) is 25.4 Å². The van der Waals surface area contributed by atoms with Crippen LogP contribution in [-0.2, 0) is 4.79 Å². The van der Waals surface area contributed by atoms with Gasteiger partial charge in [-0.05, 0) is 19.1 Å². The Morgan fingerprint density at radius 3 is 2.76 bits per heavy atom. The molecule has 1 amide bonds. The van der Waals surface area contributed by atoms with Crippen molar-refractivity contribution < 1.29 is 13.9 Å². The topological polar surface area (TPSA) is 50.4 Å². The molecule has 0 unspecified atom stereocenters. The Morgan fingerprint density at radius 2 is 2.18 bits per heavy atom. The van der Waals surface area contributed by atoms with Crippen molar-refractivity contribution in [1.82, 2.24) is 5.32 Å². The van der Waals surface area contributed by atoms with Crippen molar-refractivity contribution >= 4 is 11.6 Å². The van der Waals surface area contributed by atoms with Crippen molar-refractivity contribution in [3.05, 3.63) is 24.0 Å². The second kappa shape index (κ2) is 6.73. The third-order valence-corrected chi connectivity index (χ3v) is 2.06. The molecule has 0 spiro atoms. The molecule has 0 fully saturated rings.